The van der Waals surface area contributed by atoms with Gasteiger partial charge < -0.3 is 9.84 Å². The third-order valence-corrected chi connectivity index (χ3v) is 2.36. The molecule has 1 aromatic rings. The lowest BCUT2D eigenvalue weighted by atomic mass is 10.1. The van der Waals surface area contributed by atoms with Crippen LogP contribution in [0.3, 0.4) is 0 Å². The van der Waals surface area contributed by atoms with Crippen molar-refractivity contribution in [2.24, 2.45) is 0 Å². The topological polar surface area (TPSA) is 29.5 Å². The molecular formula is C9H6BrFO2. The van der Waals surface area contributed by atoms with Crippen LogP contribution in [0.25, 0.3) is 6.08 Å². The van der Waals surface area contributed by atoms with Crippen molar-refractivity contribution in [2.75, 3.05) is 0 Å². The number of hydrogen-bond acceptors (Lipinski definition) is 2. The standard InChI is InChI=1S/C9H6BrFO2/c10-7-4-5-3-6(11)1-2-8(5)13-9(7)12/h1-4,9,12H/t9-/m0/s1. The molecule has 0 aliphatic carbocycles. The highest BCUT2D eigenvalue weighted by Gasteiger charge is 2.18. The number of halogens is 2. The van der Waals surface area contributed by atoms with Gasteiger partial charge in [0.2, 0.25) is 6.29 Å². The number of ether oxygens (including phenoxy) is 1. The minimum Gasteiger partial charge on any atom is -0.460 e. The zero-order chi connectivity index (χ0) is 9.42. The van der Waals surface area contributed by atoms with Crippen molar-refractivity contribution in [3.05, 3.63) is 34.1 Å². The number of rotatable bonds is 0. The summed E-state index contributed by atoms with van der Waals surface area (Å²) in [4.78, 5) is 0. The number of fused-ring (bicyclic) bond motifs is 1. The predicted molar refractivity (Wildman–Crippen MR) is 49.9 cm³/mol. The van der Waals surface area contributed by atoms with Gasteiger partial charge in [0, 0.05) is 5.56 Å². The summed E-state index contributed by atoms with van der Waals surface area (Å²) in [5.74, 6) is 0.160. The molecule has 0 amide bonds. The van der Waals surface area contributed by atoms with Gasteiger partial charge in [0.1, 0.15) is 11.6 Å². The second kappa shape index (κ2) is 3.12. The molecule has 1 aromatic carbocycles. The molecule has 13 heavy (non-hydrogen) atoms. The number of aliphatic hydroxyl groups excluding tert-OH is 1. The van der Waals surface area contributed by atoms with Crippen LogP contribution in [0.5, 0.6) is 5.75 Å². The van der Waals surface area contributed by atoms with Crippen molar-refractivity contribution in [3.8, 4) is 5.75 Å². The SMILES string of the molecule is O[C@H]1Oc2ccc(F)cc2C=C1Br. The van der Waals surface area contributed by atoms with Crippen molar-refractivity contribution in [1.29, 1.82) is 0 Å². The maximum absolute atomic E-state index is 12.8. The van der Waals surface area contributed by atoms with Crippen molar-refractivity contribution < 1.29 is 14.2 Å². The summed E-state index contributed by atoms with van der Waals surface area (Å²) in [5.41, 5.74) is 0.622. The second-order valence-corrected chi connectivity index (χ2v) is 3.60. The Kier molecular flexibility index (Phi) is 2.09. The van der Waals surface area contributed by atoms with E-state index in [-0.39, 0.29) is 5.82 Å². The molecule has 1 heterocycles. The molecular weight excluding hydrogens is 239 g/mol. The summed E-state index contributed by atoms with van der Waals surface area (Å²) in [6.45, 7) is 0. The van der Waals surface area contributed by atoms with Gasteiger partial charge in [0.05, 0.1) is 4.48 Å². The van der Waals surface area contributed by atoms with Crippen molar-refractivity contribution in [2.45, 2.75) is 6.29 Å². The van der Waals surface area contributed by atoms with Crippen LogP contribution in [0.2, 0.25) is 0 Å². The van der Waals surface area contributed by atoms with Gasteiger partial charge >= 0.3 is 0 Å². The fraction of sp³-hybridized carbons (Fsp3) is 0.111. The first-order chi connectivity index (χ1) is 6.16. The summed E-state index contributed by atoms with van der Waals surface area (Å²) in [5, 5.41) is 9.26. The quantitative estimate of drug-likeness (QED) is 0.759. The van der Waals surface area contributed by atoms with E-state index in [9.17, 15) is 9.50 Å². The fourth-order valence-corrected chi connectivity index (χ4v) is 1.48. The Morgan fingerprint density at radius 2 is 2.23 bits per heavy atom. The van der Waals surface area contributed by atoms with Crippen LogP contribution >= 0.6 is 15.9 Å². The highest BCUT2D eigenvalue weighted by molar-refractivity contribution is 9.11. The maximum Gasteiger partial charge on any atom is 0.230 e. The Morgan fingerprint density at radius 3 is 3.00 bits per heavy atom. The van der Waals surface area contributed by atoms with Crippen LogP contribution < -0.4 is 4.74 Å². The van der Waals surface area contributed by atoms with Crippen LogP contribution in [-0.2, 0) is 0 Å². The summed E-state index contributed by atoms with van der Waals surface area (Å²) < 4.78 is 18.3. The van der Waals surface area contributed by atoms with Crippen LogP contribution in [0.15, 0.2) is 22.7 Å². The average molecular weight is 245 g/mol. The maximum atomic E-state index is 12.8. The smallest absolute Gasteiger partial charge is 0.230 e. The Hall–Kier alpha value is -0.870. The van der Waals surface area contributed by atoms with E-state index in [1.54, 1.807) is 6.08 Å². The second-order valence-electron chi connectivity index (χ2n) is 2.68. The number of benzene rings is 1. The van der Waals surface area contributed by atoms with Crippen LogP contribution in [0.1, 0.15) is 5.56 Å². The predicted octanol–water partition coefficient (Wildman–Crippen LogP) is 2.27. The van der Waals surface area contributed by atoms with Crippen molar-refractivity contribution >= 4 is 22.0 Å². The molecule has 1 aliphatic rings. The summed E-state index contributed by atoms with van der Waals surface area (Å²) in [6, 6.07) is 4.13. The average Bonchev–Trinajstić information content (AvgIpc) is 2.08. The molecule has 0 aromatic heterocycles. The monoisotopic (exact) mass is 244 g/mol. The molecule has 0 radical (unpaired) electrons. The molecule has 68 valence electrons. The van der Waals surface area contributed by atoms with Gasteiger partial charge in [-0.3, -0.25) is 0 Å². The number of aliphatic hydroxyl groups is 1. The van der Waals surface area contributed by atoms with Crippen LogP contribution in [-0.4, -0.2) is 11.4 Å². The Morgan fingerprint density at radius 1 is 1.46 bits per heavy atom. The molecule has 2 rings (SSSR count). The first-order valence-electron chi connectivity index (χ1n) is 3.68. The van der Waals surface area contributed by atoms with Gasteiger partial charge in [-0.1, -0.05) is 0 Å². The van der Waals surface area contributed by atoms with Gasteiger partial charge in [-0.25, -0.2) is 4.39 Å². The van der Waals surface area contributed by atoms with E-state index in [0.717, 1.165) is 0 Å². The van der Waals surface area contributed by atoms with Gasteiger partial charge in [-0.2, -0.15) is 0 Å². The molecule has 0 spiro atoms. The Balaban J connectivity index is 2.51. The van der Waals surface area contributed by atoms with E-state index < -0.39 is 6.29 Å². The zero-order valence-electron chi connectivity index (χ0n) is 6.50. The number of hydrogen-bond donors (Lipinski definition) is 1. The molecule has 0 saturated carbocycles. The first kappa shape index (κ1) is 8.72. The van der Waals surface area contributed by atoms with Crippen molar-refractivity contribution in [1.82, 2.24) is 0 Å². The molecule has 1 aliphatic heterocycles. The van der Waals surface area contributed by atoms with Gasteiger partial charge in [-0.05, 0) is 40.2 Å². The van der Waals surface area contributed by atoms with Gasteiger partial charge in [0.25, 0.3) is 0 Å². The highest BCUT2D eigenvalue weighted by Crippen LogP contribution is 2.31. The molecule has 0 bridgehead atoms. The Labute approximate surface area is 82.8 Å². The van der Waals surface area contributed by atoms with E-state index in [2.05, 4.69) is 15.9 Å². The van der Waals surface area contributed by atoms with Crippen molar-refractivity contribution in [3.63, 3.8) is 0 Å². The van der Waals surface area contributed by atoms with E-state index in [4.69, 9.17) is 4.74 Å². The summed E-state index contributed by atoms with van der Waals surface area (Å²) in [6.07, 6.45) is 0.644. The molecule has 4 heteroatoms. The van der Waals surface area contributed by atoms with E-state index in [1.807, 2.05) is 0 Å². The lowest BCUT2D eigenvalue weighted by Crippen LogP contribution is -2.18. The van der Waals surface area contributed by atoms with Gasteiger partial charge in [0.15, 0.2) is 0 Å². The third kappa shape index (κ3) is 1.59. The molecule has 0 unspecified atom stereocenters. The molecule has 1 N–H and O–H groups in total. The molecule has 0 saturated heterocycles. The van der Waals surface area contributed by atoms with E-state index in [1.165, 1.54) is 18.2 Å². The largest absolute Gasteiger partial charge is 0.460 e. The first-order valence-corrected chi connectivity index (χ1v) is 4.47. The lowest BCUT2D eigenvalue weighted by molar-refractivity contribution is 0.0204. The normalized spacial score (nSPS) is 20.2. The minimum absolute atomic E-state index is 0.324. The summed E-state index contributed by atoms with van der Waals surface area (Å²) >= 11 is 3.11. The van der Waals surface area contributed by atoms with E-state index in [0.29, 0.717) is 15.8 Å². The Bertz CT molecular complexity index is 376. The molecule has 0 fully saturated rings. The van der Waals surface area contributed by atoms with Crippen LogP contribution in [0, 0.1) is 5.82 Å². The van der Waals surface area contributed by atoms with Gasteiger partial charge in [-0.15, -0.1) is 0 Å². The molecule has 2 nitrogen and oxygen atoms in total. The molecule has 1 atom stereocenters. The summed E-state index contributed by atoms with van der Waals surface area (Å²) in [7, 11) is 0. The minimum atomic E-state index is -0.988. The van der Waals surface area contributed by atoms with E-state index >= 15 is 0 Å². The fourth-order valence-electron chi connectivity index (χ4n) is 1.14. The highest BCUT2D eigenvalue weighted by atomic mass is 79.9. The lowest BCUT2D eigenvalue weighted by Gasteiger charge is -2.19. The zero-order valence-corrected chi connectivity index (χ0v) is 8.08. The van der Waals surface area contributed by atoms with Crippen LogP contribution in [0.4, 0.5) is 4.39 Å². The third-order valence-electron chi connectivity index (χ3n) is 1.74.